The first-order valence-corrected chi connectivity index (χ1v) is 6.26. The van der Waals surface area contributed by atoms with Crippen molar-refractivity contribution in [3.8, 4) is 11.3 Å². The zero-order valence-electron chi connectivity index (χ0n) is 10.4. The van der Waals surface area contributed by atoms with Gasteiger partial charge in [0.1, 0.15) is 23.2 Å². The van der Waals surface area contributed by atoms with E-state index in [0.717, 1.165) is 18.8 Å². The molecule has 5 heteroatoms. The predicted molar refractivity (Wildman–Crippen MR) is 72.1 cm³/mol. The highest BCUT2D eigenvalue weighted by Gasteiger charge is 2.16. The molecule has 96 valence electrons. The molecule has 0 spiro atoms. The van der Waals surface area contributed by atoms with Gasteiger partial charge in [-0.3, -0.25) is 0 Å². The van der Waals surface area contributed by atoms with E-state index in [-0.39, 0.29) is 5.82 Å². The average molecular weight is 268 g/mol. The fraction of sp³-hybridized carbons (Fsp3) is 0.308. The normalized spacial score (nSPS) is 10.9. The van der Waals surface area contributed by atoms with Crippen LogP contribution in [0.4, 0.5) is 10.2 Å². The second-order valence-corrected chi connectivity index (χ2v) is 4.39. The number of halogens is 2. The minimum atomic E-state index is -0.368. The number of aryl methyl sites for hydroxylation is 1. The van der Waals surface area contributed by atoms with Gasteiger partial charge in [0.2, 0.25) is 0 Å². The minimum absolute atomic E-state index is 0.324. The Morgan fingerprint density at radius 1 is 1.39 bits per heavy atom. The highest BCUT2D eigenvalue weighted by atomic mass is 35.5. The van der Waals surface area contributed by atoms with E-state index >= 15 is 0 Å². The summed E-state index contributed by atoms with van der Waals surface area (Å²) in [5.74, 6) is 1.11. The molecule has 18 heavy (non-hydrogen) atoms. The van der Waals surface area contributed by atoms with Gasteiger partial charge in [-0.2, -0.15) is 0 Å². The van der Waals surface area contributed by atoms with Gasteiger partial charge in [-0.25, -0.2) is 9.37 Å². The largest absolute Gasteiger partial charge is 0.383 e. The number of nitrogens with two attached hydrogens (primary N) is 1. The number of imidazole rings is 1. The Labute approximate surface area is 110 Å². The molecule has 0 fully saturated rings. The molecule has 2 N–H and O–H groups in total. The maximum absolute atomic E-state index is 13.0. The summed E-state index contributed by atoms with van der Waals surface area (Å²) >= 11 is 6.04. The molecule has 0 aliphatic heterocycles. The second-order valence-electron chi connectivity index (χ2n) is 3.98. The third kappa shape index (κ3) is 2.08. The van der Waals surface area contributed by atoms with Crippen molar-refractivity contribution in [1.29, 1.82) is 0 Å². The lowest BCUT2D eigenvalue weighted by atomic mass is 10.1. The van der Waals surface area contributed by atoms with Gasteiger partial charge in [0.25, 0.3) is 0 Å². The van der Waals surface area contributed by atoms with Crippen LogP contribution in [0.15, 0.2) is 18.2 Å². The topological polar surface area (TPSA) is 43.8 Å². The monoisotopic (exact) mass is 267 g/mol. The van der Waals surface area contributed by atoms with E-state index in [1.165, 1.54) is 12.1 Å². The molecule has 0 radical (unpaired) electrons. The van der Waals surface area contributed by atoms with Gasteiger partial charge in [-0.15, -0.1) is 0 Å². The third-order valence-corrected chi connectivity index (χ3v) is 3.22. The van der Waals surface area contributed by atoms with Gasteiger partial charge in [0, 0.05) is 18.5 Å². The summed E-state index contributed by atoms with van der Waals surface area (Å²) in [6, 6.07) is 4.24. The molecule has 2 rings (SSSR count). The Kier molecular flexibility index (Phi) is 3.57. The number of nitrogens with zero attached hydrogens (tertiary/aromatic N) is 2. The lowest BCUT2D eigenvalue weighted by molar-refractivity contribution is 0.628. The van der Waals surface area contributed by atoms with E-state index in [9.17, 15) is 4.39 Å². The van der Waals surface area contributed by atoms with Gasteiger partial charge in [0.15, 0.2) is 0 Å². The first kappa shape index (κ1) is 12.9. The molecule has 0 bridgehead atoms. The van der Waals surface area contributed by atoms with Crippen molar-refractivity contribution in [3.63, 3.8) is 0 Å². The summed E-state index contributed by atoms with van der Waals surface area (Å²) in [6.07, 6.45) is 0.789. The molecule has 1 aromatic heterocycles. The summed E-state index contributed by atoms with van der Waals surface area (Å²) in [6.45, 7) is 4.78. The van der Waals surface area contributed by atoms with Crippen LogP contribution < -0.4 is 5.73 Å². The highest BCUT2D eigenvalue weighted by Crippen LogP contribution is 2.32. The lowest BCUT2D eigenvalue weighted by Crippen LogP contribution is -2.04. The molecule has 0 saturated heterocycles. The summed E-state index contributed by atoms with van der Waals surface area (Å²) in [5.41, 5.74) is 7.37. The third-order valence-electron chi connectivity index (χ3n) is 2.90. The van der Waals surface area contributed by atoms with Gasteiger partial charge in [-0.1, -0.05) is 18.5 Å². The molecule has 3 nitrogen and oxygen atoms in total. The van der Waals surface area contributed by atoms with Crippen LogP contribution in [0.2, 0.25) is 5.02 Å². The molecule has 0 atom stereocenters. The van der Waals surface area contributed by atoms with Gasteiger partial charge >= 0.3 is 0 Å². The molecule has 0 amide bonds. The quantitative estimate of drug-likeness (QED) is 0.925. The second kappa shape index (κ2) is 4.98. The van der Waals surface area contributed by atoms with Crippen molar-refractivity contribution in [2.24, 2.45) is 0 Å². The van der Waals surface area contributed by atoms with Crippen LogP contribution >= 0.6 is 11.6 Å². The lowest BCUT2D eigenvalue weighted by Gasteiger charge is -2.05. The zero-order valence-corrected chi connectivity index (χ0v) is 11.1. The van der Waals surface area contributed by atoms with Crippen LogP contribution in [0.3, 0.4) is 0 Å². The van der Waals surface area contributed by atoms with E-state index in [1.54, 1.807) is 6.07 Å². The standard InChI is InChI=1S/C13H15ClFN3/c1-3-11-17-12(13(16)18(11)4-2)9-6-5-8(15)7-10(9)14/h5-7H,3-4,16H2,1-2H3. The van der Waals surface area contributed by atoms with Crippen molar-refractivity contribution < 1.29 is 4.39 Å². The summed E-state index contributed by atoms with van der Waals surface area (Å²) in [7, 11) is 0. The van der Waals surface area contributed by atoms with Crippen molar-refractivity contribution in [2.45, 2.75) is 26.8 Å². The average Bonchev–Trinajstić information content (AvgIpc) is 2.66. The van der Waals surface area contributed by atoms with E-state index in [2.05, 4.69) is 4.98 Å². The number of aromatic nitrogens is 2. The molecule has 1 aromatic carbocycles. The smallest absolute Gasteiger partial charge is 0.131 e. The van der Waals surface area contributed by atoms with Crippen LogP contribution in [-0.2, 0) is 13.0 Å². The predicted octanol–water partition coefficient (Wildman–Crippen LogP) is 3.51. The number of hydrogen-bond acceptors (Lipinski definition) is 2. The number of anilines is 1. The van der Waals surface area contributed by atoms with E-state index in [0.29, 0.717) is 22.1 Å². The van der Waals surface area contributed by atoms with Crippen LogP contribution in [0.1, 0.15) is 19.7 Å². The molecule has 2 aromatic rings. The molecule has 1 heterocycles. The SMILES string of the molecule is CCc1nc(-c2ccc(F)cc2Cl)c(N)n1CC. The summed E-state index contributed by atoms with van der Waals surface area (Å²) in [5, 5.41) is 0.324. The molecular formula is C13H15ClFN3. The fourth-order valence-corrected chi connectivity index (χ4v) is 2.27. The summed E-state index contributed by atoms with van der Waals surface area (Å²) in [4.78, 5) is 4.49. The maximum Gasteiger partial charge on any atom is 0.131 e. The van der Waals surface area contributed by atoms with Crippen LogP contribution in [0.5, 0.6) is 0 Å². The molecule has 0 saturated carbocycles. The van der Waals surface area contributed by atoms with Crippen LogP contribution in [0.25, 0.3) is 11.3 Å². The maximum atomic E-state index is 13.0. The van der Waals surface area contributed by atoms with Crippen molar-refractivity contribution in [3.05, 3.63) is 34.9 Å². The van der Waals surface area contributed by atoms with Gasteiger partial charge < -0.3 is 10.3 Å². The van der Waals surface area contributed by atoms with Crippen LogP contribution in [-0.4, -0.2) is 9.55 Å². The Balaban J connectivity index is 2.60. The Morgan fingerprint density at radius 3 is 2.61 bits per heavy atom. The van der Waals surface area contributed by atoms with Crippen molar-refractivity contribution in [1.82, 2.24) is 9.55 Å². The molecule has 0 unspecified atom stereocenters. The van der Waals surface area contributed by atoms with E-state index in [4.69, 9.17) is 17.3 Å². The number of hydrogen-bond donors (Lipinski definition) is 1. The van der Waals surface area contributed by atoms with Crippen molar-refractivity contribution >= 4 is 17.4 Å². The summed E-state index contributed by atoms with van der Waals surface area (Å²) < 4.78 is 15.0. The highest BCUT2D eigenvalue weighted by molar-refractivity contribution is 6.33. The zero-order chi connectivity index (χ0) is 13.3. The van der Waals surface area contributed by atoms with E-state index < -0.39 is 0 Å². The van der Waals surface area contributed by atoms with Crippen LogP contribution in [0, 0.1) is 5.82 Å². The van der Waals surface area contributed by atoms with Gasteiger partial charge in [0.05, 0.1) is 5.02 Å². The molecule has 0 aliphatic rings. The molecular weight excluding hydrogens is 253 g/mol. The molecule has 0 aliphatic carbocycles. The van der Waals surface area contributed by atoms with E-state index in [1.807, 2.05) is 18.4 Å². The number of nitrogen functional groups attached to an aromatic ring is 1. The number of benzene rings is 1. The number of rotatable bonds is 3. The first-order chi connectivity index (χ1) is 8.58. The Morgan fingerprint density at radius 2 is 2.11 bits per heavy atom. The Hall–Kier alpha value is -1.55. The fourth-order valence-electron chi connectivity index (χ4n) is 2.02. The van der Waals surface area contributed by atoms with Gasteiger partial charge in [-0.05, 0) is 25.1 Å². The minimum Gasteiger partial charge on any atom is -0.383 e. The van der Waals surface area contributed by atoms with Crippen molar-refractivity contribution in [2.75, 3.05) is 5.73 Å². The Bertz CT molecular complexity index is 578. The first-order valence-electron chi connectivity index (χ1n) is 5.88.